The first-order chi connectivity index (χ1) is 10.1. The van der Waals surface area contributed by atoms with Gasteiger partial charge in [0.05, 0.1) is 11.2 Å². The second-order valence-corrected chi connectivity index (χ2v) is 8.18. The largest absolute Gasteiger partial charge is 0.389 e. The van der Waals surface area contributed by atoms with Gasteiger partial charge in [0.2, 0.25) is 0 Å². The third-order valence-electron chi connectivity index (χ3n) is 6.01. The Balaban J connectivity index is 1.56. The predicted octanol–water partition coefficient (Wildman–Crippen LogP) is 4.02. The Kier molecular flexibility index (Phi) is 3.44. The van der Waals surface area contributed by atoms with Crippen molar-refractivity contribution in [2.24, 2.45) is 5.92 Å². The summed E-state index contributed by atoms with van der Waals surface area (Å²) in [7, 11) is 0. The number of benzene rings is 1. The summed E-state index contributed by atoms with van der Waals surface area (Å²) in [5, 5.41) is 11.3. The molecule has 1 aromatic rings. The van der Waals surface area contributed by atoms with E-state index in [1.54, 1.807) is 0 Å². The van der Waals surface area contributed by atoms with Gasteiger partial charge in [0.15, 0.2) is 0 Å². The van der Waals surface area contributed by atoms with E-state index < -0.39 is 5.60 Å². The van der Waals surface area contributed by atoms with Crippen molar-refractivity contribution in [2.75, 3.05) is 6.61 Å². The van der Waals surface area contributed by atoms with E-state index >= 15 is 0 Å². The average molecular weight is 351 g/mol. The topological polar surface area (TPSA) is 29.5 Å². The molecule has 2 unspecified atom stereocenters. The molecule has 1 heterocycles. The summed E-state index contributed by atoms with van der Waals surface area (Å²) in [6.07, 6.45) is 8.48. The van der Waals surface area contributed by atoms with Gasteiger partial charge in [0, 0.05) is 17.5 Å². The molecule has 2 aliphatic carbocycles. The minimum absolute atomic E-state index is 0.124. The highest BCUT2D eigenvalue weighted by molar-refractivity contribution is 9.10. The van der Waals surface area contributed by atoms with E-state index in [1.165, 1.54) is 30.4 Å². The maximum Gasteiger partial charge on any atom is 0.0721 e. The lowest BCUT2D eigenvalue weighted by atomic mass is 9.64. The minimum atomic E-state index is -0.521. The second kappa shape index (κ2) is 5.07. The van der Waals surface area contributed by atoms with Crippen molar-refractivity contribution in [3.8, 4) is 0 Å². The highest BCUT2D eigenvalue weighted by Gasteiger charge is 2.49. The number of aliphatic hydroxyl groups is 1. The predicted molar refractivity (Wildman–Crippen MR) is 86.4 cm³/mol. The smallest absolute Gasteiger partial charge is 0.0721 e. The number of hydrogen-bond acceptors (Lipinski definition) is 2. The highest BCUT2D eigenvalue weighted by atomic mass is 79.9. The lowest BCUT2D eigenvalue weighted by molar-refractivity contribution is -0.177. The number of fused-ring (bicyclic) bond motifs is 1. The van der Waals surface area contributed by atoms with Crippen LogP contribution in [0.15, 0.2) is 22.7 Å². The van der Waals surface area contributed by atoms with Gasteiger partial charge in [-0.25, -0.2) is 0 Å². The van der Waals surface area contributed by atoms with Crippen molar-refractivity contribution >= 4 is 15.9 Å². The monoisotopic (exact) mass is 350 g/mol. The third-order valence-corrected chi connectivity index (χ3v) is 6.50. The number of ether oxygens (including phenoxy) is 1. The van der Waals surface area contributed by atoms with E-state index in [2.05, 4.69) is 34.1 Å². The van der Waals surface area contributed by atoms with E-state index in [9.17, 15) is 5.11 Å². The van der Waals surface area contributed by atoms with Gasteiger partial charge in [0.25, 0.3) is 0 Å². The number of rotatable bonds is 1. The van der Waals surface area contributed by atoms with Crippen molar-refractivity contribution in [3.05, 3.63) is 33.8 Å². The Hall–Kier alpha value is -0.380. The summed E-state index contributed by atoms with van der Waals surface area (Å²) < 4.78 is 7.18. The molecule has 0 amide bonds. The standard InChI is InChI=1S/C18H23BrO2/c19-16-3-2-14-11-18(20,8-4-13(14)10-16)15-5-9-21-17(12-15)6-1-7-17/h2-3,10,15,20H,1,4-9,11-12H2. The lowest BCUT2D eigenvalue weighted by Crippen LogP contribution is -2.53. The molecule has 1 saturated carbocycles. The molecule has 21 heavy (non-hydrogen) atoms. The van der Waals surface area contributed by atoms with Gasteiger partial charge in [-0.2, -0.15) is 0 Å². The zero-order valence-corrected chi connectivity index (χ0v) is 14.0. The van der Waals surface area contributed by atoms with Gasteiger partial charge >= 0.3 is 0 Å². The maximum atomic E-state index is 11.3. The normalized spacial score (nSPS) is 34.3. The van der Waals surface area contributed by atoms with Crippen LogP contribution in [0.3, 0.4) is 0 Å². The Morgan fingerprint density at radius 2 is 2.05 bits per heavy atom. The first-order valence-electron chi connectivity index (χ1n) is 8.22. The van der Waals surface area contributed by atoms with Gasteiger partial charge in [-0.1, -0.05) is 22.0 Å². The number of halogens is 1. The van der Waals surface area contributed by atoms with Crippen molar-refractivity contribution < 1.29 is 9.84 Å². The molecule has 1 aromatic carbocycles. The molecule has 0 radical (unpaired) electrons. The van der Waals surface area contributed by atoms with Crippen LogP contribution < -0.4 is 0 Å². The molecule has 1 saturated heterocycles. The molecule has 1 N–H and O–H groups in total. The van der Waals surface area contributed by atoms with Crippen LogP contribution >= 0.6 is 15.9 Å². The van der Waals surface area contributed by atoms with Gasteiger partial charge in [-0.15, -0.1) is 0 Å². The fourth-order valence-electron chi connectivity index (χ4n) is 4.52. The minimum Gasteiger partial charge on any atom is -0.389 e. The number of hydrogen-bond donors (Lipinski definition) is 1. The molecular weight excluding hydrogens is 328 g/mol. The van der Waals surface area contributed by atoms with Gasteiger partial charge in [-0.3, -0.25) is 0 Å². The second-order valence-electron chi connectivity index (χ2n) is 7.27. The first-order valence-corrected chi connectivity index (χ1v) is 9.02. The Labute approximate surface area is 135 Å². The van der Waals surface area contributed by atoms with Crippen molar-refractivity contribution in [2.45, 2.75) is 62.6 Å². The zero-order chi connectivity index (χ0) is 14.5. The molecule has 2 atom stereocenters. The molecule has 1 aliphatic heterocycles. The van der Waals surface area contributed by atoms with Crippen LogP contribution in [0, 0.1) is 5.92 Å². The first kappa shape index (κ1) is 14.2. The average Bonchev–Trinajstić information content (AvgIpc) is 2.46. The van der Waals surface area contributed by atoms with Crippen molar-refractivity contribution in [1.82, 2.24) is 0 Å². The zero-order valence-electron chi connectivity index (χ0n) is 12.4. The molecule has 0 bridgehead atoms. The van der Waals surface area contributed by atoms with Gasteiger partial charge in [0.1, 0.15) is 0 Å². The summed E-state index contributed by atoms with van der Waals surface area (Å²) >= 11 is 3.55. The van der Waals surface area contributed by atoms with Crippen LogP contribution in [-0.2, 0) is 17.6 Å². The summed E-state index contributed by atoms with van der Waals surface area (Å²) in [5.41, 5.74) is 2.34. The molecule has 0 aromatic heterocycles. The van der Waals surface area contributed by atoms with Crippen LogP contribution in [0.4, 0.5) is 0 Å². The Morgan fingerprint density at radius 1 is 1.19 bits per heavy atom. The summed E-state index contributed by atoms with van der Waals surface area (Å²) in [5.74, 6) is 0.406. The Bertz CT molecular complexity index is 552. The van der Waals surface area contributed by atoms with E-state index in [4.69, 9.17) is 4.74 Å². The van der Waals surface area contributed by atoms with E-state index in [0.29, 0.717) is 5.92 Å². The molecule has 4 rings (SSSR count). The molecule has 3 aliphatic rings. The van der Waals surface area contributed by atoms with Gasteiger partial charge in [-0.05, 0) is 74.1 Å². The summed E-state index contributed by atoms with van der Waals surface area (Å²) in [6, 6.07) is 6.50. The maximum absolute atomic E-state index is 11.3. The molecule has 2 fully saturated rings. The van der Waals surface area contributed by atoms with Crippen molar-refractivity contribution in [3.63, 3.8) is 0 Å². The van der Waals surface area contributed by atoms with Crippen LogP contribution in [0.2, 0.25) is 0 Å². The Morgan fingerprint density at radius 3 is 2.81 bits per heavy atom. The fourth-order valence-corrected chi connectivity index (χ4v) is 4.93. The fraction of sp³-hybridized carbons (Fsp3) is 0.667. The van der Waals surface area contributed by atoms with Crippen LogP contribution in [0.25, 0.3) is 0 Å². The van der Waals surface area contributed by atoms with Gasteiger partial charge < -0.3 is 9.84 Å². The lowest BCUT2D eigenvalue weighted by Gasteiger charge is -2.51. The van der Waals surface area contributed by atoms with E-state index in [0.717, 1.165) is 43.2 Å². The van der Waals surface area contributed by atoms with Crippen LogP contribution in [0.5, 0.6) is 0 Å². The highest BCUT2D eigenvalue weighted by Crippen LogP contribution is 2.49. The van der Waals surface area contributed by atoms with E-state index in [1.807, 2.05) is 0 Å². The molecular formula is C18H23BrO2. The quantitative estimate of drug-likeness (QED) is 0.828. The van der Waals surface area contributed by atoms with Crippen LogP contribution in [0.1, 0.15) is 49.7 Å². The third kappa shape index (κ3) is 2.47. The molecule has 3 heteroatoms. The summed E-state index contributed by atoms with van der Waals surface area (Å²) in [4.78, 5) is 0. The summed E-state index contributed by atoms with van der Waals surface area (Å²) in [6.45, 7) is 0.834. The molecule has 114 valence electrons. The molecule has 2 nitrogen and oxygen atoms in total. The SMILES string of the molecule is OC1(C2CCOC3(CCC3)C2)CCc2cc(Br)ccc2C1. The van der Waals surface area contributed by atoms with E-state index in [-0.39, 0.29) is 5.60 Å². The molecule has 1 spiro atoms. The number of aryl methyl sites for hydroxylation is 1. The van der Waals surface area contributed by atoms with Crippen molar-refractivity contribution in [1.29, 1.82) is 0 Å². The van der Waals surface area contributed by atoms with Crippen LogP contribution in [-0.4, -0.2) is 22.9 Å².